The van der Waals surface area contributed by atoms with Crippen molar-refractivity contribution in [2.24, 2.45) is 0 Å². The van der Waals surface area contributed by atoms with E-state index in [9.17, 15) is 19.8 Å². The number of hydrogen-bond acceptors (Lipinski definition) is 5. The molecule has 0 radical (unpaired) electrons. The van der Waals surface area contributed by atoms with Gasteiger partial charge in [-0.25, -0.2) is 0 Å². The van der Waals surface area contributed by atoms with Gasteiger partial charge in [-0.2, -0.15) is 0 Å². The van der Waals surface area contributed by atoms with Crippen molar-refractivity contribution in [3.05, 3.63) is 24.3 Å². The molecule has 0 saturated heterocycles. The summed E-state index contributed by atoms with van der Waals surface area (Å²) in [4.78, 5) is 26.0. The fraction of sp³-hybridized carbons (Fsp3) is 0.889. The summed E-state index contributed by atoms with van der Waals surface area (Å²) in [5.41, 5.74) is 0. The number of aliphatic hydroxyl groups is 2. The first kappa shape index (κ1) is 58.3. The Kier molecular flexibility index (Phi) is 47.0. The van der Waals surface area contributed by atoms with Crippen LogP contribution in [0.3, 0.4) is 0 Å². The molecule has 0 aromatic carbocycles. The van der Waals surface area contributed by atoms with Gasteiger partial charge in [0.05, 0.1) is 25.2 Å². The van der Waals surface area contributed by atoms with Crippen LogP contribution in [0, 0.1) is 0 Å². The molecule has 3 N–H and O–H groups in total. The molecule has 0 aliphatic rings. The summed E-state index contributed by atoms with van der Waals surface area (Å²) in [6.07, 6.45) is 55.6. The average molecular weight is 846 g/mol. The normalized spacial score (nSPS) is 13.3. The lowest BCUT2D eigenvalue weighted by Gasteiger charge is -2.23. The van der Waals surface area contributed by atoms with Gasteiger partial charge in [0.2, 0.25) is 5.91 Å². The number of aliphatic hydroxyl groups excluding tert-OH is 2. The van der Waals surface area contributed by atoms with Gasteiger partial charge in [-0.1, -0.05) is 257 Å². The van der Waals surface area contributed by atoms with Gasteiger partial charge >= 0.3 is 5.97 Å². The third kappa shape index (κ3) is 43.0. The van der Waals surface area contributed by atoms with E-state index in [1.807, 2.05) is 12.2 Å². The quantitative estimate of drug-likeness (QED) is 0.0322. The van der Waals surface area contributed by atoms with E-state index in [-0.39, 0.29) is 24.9 Å². The molecule has 0 saturated carbocycles. The standard InChI is InChI=1S/C54H103NO5/c1-4-7-10-13-16-19-22-24-26-27-28-31-34-37-40-43-46-52(57)51(49-56)55-53(58)48-50(45-42-39-36-33-30-21-18-15-12-9-6-3)60-54(59)47-44-41-38-35-32-29-25-23-20-17-14-11-8-5-2/h33,36,42,45,50-52,56-57H,4-32,34-35,37-41,43-44,46-49H2,1-3H3,(H,55,58)/b36-33-,45-42+. The van der Waals surface area contributed by atoms with Crippen LogP contribution in [-0.2, 0) is 14.3 Å². The number of carbonyl (C=O) groups excluding carboxylic acids is 2. The monoisotopic (exact) mass is 846 g/mol. The predicted octanol–water partition coefficient (Wildman–Crippen LogP) is 15.9. The van der Waals surface area contributed by atoms with Crippen molar-refractivity contribution < 1.29 is 24.5 Å². The molecule has 60 heavy (non-hydrogen) atoms. The zero-order valence-corrected chi connectivity index (χ0v) is 40.4. The number of rotatable bonds is 48. The van der Waals surface area contributed by atoms with E-state index in [1.54, 1.807) is 0 Å². The Labute approximate surface area is 373 Å². The average Bonchev–Trinajstić information content (AvgIpc) is 3.24. The zero-order chi connectivity index (χ0) is 43.8. The minimum absolute atomic E-state index is 0.0231. The number of hydrogen-bond donors (Lipinski definition) is 3. The Hall–Kier alpha value is -1.66. The molecule has 0 aliphatic heterocycles. The number of amides is 1. The first-order valence-electron chi connectivity index (χ1n) is 26.6. The third-order valence-corrected chi connectivity index (χ3v) is 12.3. The lowest BCUT2D eigenvalue weighted by molar-refractivity contribution is -0.148. The van der Waals surface area contributed by atoms with E-state index in [0.29, 0.717) is 12.8 Å². The second-order valence-corrected chi connectivity index (χ2v) is 18.3. The van der Waals surface area contributed by atoms with Crippen molar-refractivity contribution in [2.75, 3.05) is 6.61 Å². The van der Waals surface area contributed by atoms with E-state index in [2.05, 4.69) is 38.2 Å². The number of allylic oxidation sites excluding steroid dienone is 3. The van der Waals surface area contributed by atoms with Crippen molar-refractivity contribution in [2.45, 2.75) is 302 Å². The van der Waals surface area contributed by atoms with Crippen molar-refractivity contribution in [3.63, 3.8) is 0 Å². The Balaban J connectivity index is 4.53. The second-order valence-electron chi connectivity index (χ2n) is 18.3. The van der Waals surface area contributed by atoms with E-state index in [0.717, 1.165) is 51.4 Å². The Morgan fingerprint density at radius 1 is 0.500 bits per heavy atom. The Morgan fingerprint density at radius 3 is 1.30 bits per heavy atom. The summed E-state index contributed by atoms with van der Waals surface area (Å²) in [6, 6.07) is -0.727. The molecule has 0 fully saturated rings. The molecule has 3 unspecified atom stereocenters. The van der Waals surface area contributed by atoms with Gasteiger partial charge in [0.15, 0.2) is 0 Å². The van der Waals surface area contributed by atoms with Crippen molar-refractivity contribution in [1.29, 1.82) is 0 Å². The molecular weight excluding hydrogens is 743 g/mol. The zero-order valence-electron chi connectivity index (χ0n) is 40.4. The van der Waals surface area contributed by atoms with Crippen LogP contribution in [0.1, 0.15) is 284 Å². The summed E-state index contributed by atoms with van der Waals surface area (Å²) in [7, 11) is 0. The van der Waals surface area contributed by atoms with Crippen molar-refractivity contribution in [3.8, 4) is 0 Å². The van der Waals surface area contributed by atoms with Crippen LogP contribution in [0.4, 0.5) is 0 Å². The molecule has 0 aromatic rings. The Morgan fingerprint density at radius 2 is 0.883 bits per heavy atom. The lowest BCUT2D eigenvalue weighted by atomic mass is 10.0. The van der Waals surface area contributed by atoms with Crippen molar-refractivity contribution >= 4 is 11.9 Å². The second kappa shape index (κ2) is 48.4. The number of ether oxygens (including phenoxy) is 1. The van der Waals surface area contributed by atoms with Gasteiger partial charge in [0.25, 0.3) is 0 Å². The summed E-state index contributed by atoms with van der Waals surface area (Å²) >= 11 is 0. The van der Waals surface area contributed by atoms with Gasteiger partial charge in [-0.15, -0.1) is 0 Å². The number of nitrogens with one attached hydrogen (secondary N) is 1. The number of unbranched alkanes of at least 4 members (excludes halogenated alkanes) is 34. The predicted molar refractivity (Wildman–Crippen MR) is 260 cm³/mol. The van der Waals surface area contributed by atoms with E-state index < -0.39 is 18.2 Å². The van der Waals surface area contributed by atoms with Gasteiger partial charge in [0, 0.05) is 6.42 Å². The molecule has 1 amide bonds. The van der Waals surface area contributed by atoms with E-state index in [1.165, 1.54) is 193 Å². The molecule has 6 nitrogen and oxygen atoms in total. The number of carbonyl (C=O) groups is 2. The van der Waals surface area contributed by atoms with Crippen LogP contribution >= 0.6 is 0 Å². The smallest absolute Gasteiger partial charge is 0.306 e. The molecule has 0 aromatic heterocycles. The van der Waals surface area contributed by atoms with E-state index >= 15 is 0 Å². The summed E-state index contributed by atoms with van der Waals surface area (Å²) in [5, 5.41) is 23.7. The van der Waals surface area contributed by atoms with Crippen LogP contribution in [0.25, 0.3) is 0 Å². The van der Waals surface area contributed by atoms with Gasteiger partial charge in [-0.05, 0) is 38.2 Å². The first-order chi connectivity index (χ1) is 29.5. The highest BCUT2D eigenvalue weighted by Crippen LogP contribution is 2.17. The highest BCUT2D eigenvalue weighted by Gasteiger charge is 2.23. The maximum atomic E-state index is 13.2. The SMILES string of the molecule is CCCCCCCC/C=C\C/C=C/C(CC(=O)NC(CO)C(O)CCCCCCCCCCCCCCCCCC)OC(=O)CCCCCCCCCCCCCCCC. The fourth-order valence-electron chi connectivity index (χ4n) is 8.22. The van der Waals surface area contributed by atoms with Crippen LogP contribution in [0.5, 0.6) is 0 Å². The van der Waals surface area contributed by atoms with Gasteiger partial charge < -0.3 is 20.3 Å². The van der Waals surface area contributed by atoms with Crippen LogP contribution in [0.2, 0.25) is 0 Å². The van der Waals surface area contributed by atoms with Crippen LogP contribution < -0.4 is 5.32 Å². The lowest BCUT2D eigenvalue weighted by Crippen LogP contribution is -2.46. The Bertz CT molecular complexity index is 950. The molecular formula is C54H103NO5. The summed E-state index contributed by atoms with van der Waals surface area (Å²) in [6.45, 7) is 6.47. The molecule has 0 bridgehead atoms. The molecule has 354 valence electrons. The molecule has 0 rings (SSSR count). The largest absolute Gasteiger partial charge is 0.458 e. The highest BCUT2D eigenvalue weighted by molar-refractivity contribution is 5.78. The summed E-state index contributed by atoms with van der Waals surface area (Å²) in [5.74, 6) is -0.588. The van der Waals surface area contributed by atoms with Gasteiger partial charge in [0.1, 0.15) is 6.10 Å². The van der Waals surface area contributed by atoms with Crippen LogP contribution in [-0.4, -0.2) is 46.9 Å². The highest BCUT2D eigenvalue weighted by atomic mass is 16.5. The minimum Gasteiger partial charge on any atom is -0.458 e. The topological polar surface area (TPSA) is 95.9 Å². The first-order valence-corrected chi connectivity index (χ1v) is 26.6. The summed E-state index contributed by atoms with van der Waals surface area (Å²) < 4.78 is 5.83. The van der Waals surface area contributed by atoms with Crippen LogP contribution in [0.15, 0.2) is 24.3 Å². The molecule has 0 heterocycles. The van der Waals surface area contributed by atoms with Gasteiger partial charge in [-0.3, -0.25) is 9.59 Å². The molecule has 0 aliphatic carbocycles. The molecule has 0 spiro atoms. The minimum atomic E-state index is -0.806. The maximum absolute atomic E-state index is 13.2. The van der Waals surface area contributed by atoms with E-state index in [4.69, 9.17) is 4.74 Å². The van der Waals surface area contributed by atoms with Crippen molar-refractivity contribution in [1.82, 2.24) is 5.32 Å². The fourth-order valence-corrected chi connectivity index (χ4v) is 8.22. The number of esters is 1. The molecule has 6 heteroatoms. The molecule has 3 atom stereocenters. The maximum Gasteiger partial charge on any atom is 0.306 e. The third-order valence-electron chi connectivity index (χ3n) is 12.3.